The zero-order valence-corrected chi connectivity index (χ0v) is 7.47. The first kappa shape index (κ1) is 8.58. The van der Waals surface area contributed by atoms with Crippen LogP contribution in [0.1, 0.15) is 45.4 Å². The van der Waals surface area contributed by atoms with Crippen LogP contribution in [0.5, 0.6) is 0 Å². The van der Waals surface area contributed by atoms with Gasteiger partial charge in [-0.2, -0.15) is 0 Å². The molecule has 62 valence electrons. The highest BCUT2D eigenvalue weighted by atomic mass is 14.1. The van der Waals surface area contributed by atoms with E-state index in [1.807, 2.05) is 0 Å². The third-order valence-electron chi connectivity index (χ3n) is 2.25. The molecule has 0 spiro atoms. The van der Waals surface area contributed by atoms with Crippen molar-refractivity contribution in [2.24, 2.45) is 0 Å². The normalized spacial score (nSPS) is 18.1. The van der Waals surface area contributed by atoms with E-state index in [9.17, 15) is 0 Å². The summed E-state index contributed by atoms with van der Waals surface area (Å²) >= 11 is 0. The number of unbranched alkanes of at least 4 members (excludes halogenated alkanes) is 1. The van der Waals surface area contributed by atoms with Crippen molar-refractivity contribution in [2.45, 2.75) is 45.4 Å². The standard InChI is InChI=1S/C11H18/c1-2-3-4-5-8-11-9-6-7-10-11/h2-3,8H,4-7,9-10H2,1H3/b3-2+. The molecule has 0 amide bonds. The van der Waals surface area contributed by atoms with Gasteiger partial charge in [0.25, 0.3) is 0 Å². The third-order valence-corrected chi connectivity index (χ3v) is 2.25. The fourth-order valence-corrected chi connectivity index (χ4v) is 1.58. The molecule has 1 aliphatic carbocycles. The molecule has 11 heavy (non-hydrogen) atoms. The molecule has 0 N–H and O–H groups in total. The Hall–Kier alpha value is -0.520. The first-order chi connectivity index (χ1) is 5.43. The van der Waals surface area contributed by atoms with Crippen molar-refractivity contribution in [3.8, 4) is 0 Å². The van der Waals surface area contributed by atoms with Crippen molar-refractivity contribution in [3.63, 3.8) is 0 Å². The van der Waals surface area contributed by atoms with Crippen LogP contribution < -0.4 is 0 Å². The van der Waals surface area contributed by atoms with Crippen LogP contribution in [0.2, 0.25) is 0 Å². The van der Waals surface area contributed by atoms with Gasteiger partial charge in [0.2, 0.25) is 0 Å². The molecule has 1 aliphatic rings. The Balaban J connectivity index is 2.13. The summed E-state index contributed by atoms with van der Waals surface area (Å²) in [5.74, 6) is 0. The van der Waals surface area contributed by atoms with Gasteiger partial charge in [-0.15, -0.1) is 0 Å². The van der Waals surface area contributed by atoms with Gasteiger partial charge in [0.05, 0.1) is 0 Å². The van der Waals surface area contributed by atoms with E-state index < -0.39 is 0 Å². The van der Waals surface area contributed by atoms with Gasteiger partial charge >= 0.3 is 0 Å². The first-order valence-electron chi connectivity index (χ1n) is 4.72. The lowest BCUT2D eigenvalue weighted by Gasteiger charge is -1.92. The second-order valence-electron chi connectivity index (χ2n) is 3.22. The monoisotopic (exact) mass is 150 g/mol. The molecular weight excluding hydrogens is 132 g/mol. The summed E-state index contributed by atoms with van der Waals surface area (Å²) in [5, 5.41) is 0. The average Bonchev–Trinajstić information content (AvgIpc) is 2.50. The van der Waals surface area contributed by atoms with Crippen LogP contribution in [0, 0.1) is 0 Å². The summed E-state index contributed by atoms with van der Waals surface area (Å²) in [6.07, 6.45) is 14.9. The van der Waals surface area contributed by atoms with Crippen LogP contribution in [0.4, 0.5) is 0 Å². The molecule has 0 radical (unpaired) electrons. The molecule has 0 nitrogen and oxygen atoms in total. The highest BCUT2D eigenvalue weighted by Crippen LogP contribution is 2.24. The summed E-state index contributed by atoms with van der Waals surface area (Å²) in [4.78, 5) is 0. The second-order valence-corrected chi connectivity index (χ2v) is 3.22. The smallest absolute Gasteiger partial charge is 0.0313 e. The summed E-state index contributed by atoms with van der Waals surface area (Å²) < 4.78 is 0. The van der Waals surface area contributed by atoms with Crippen molar-refractivity contribution in [2.75, 3.05) is 0 Å². The average molecular weight is 150 g/mol. The summed E-state index contributed by atoms with van der Waals surface area (Å²) in [5.41, 5.74) is 1.70. The molecule has 0 heterocycles. The van der Waals surface area contributed by atoms with Gasteiger partial charge in [-0.1, -0.05) is 23.8 Å². The molecule has 1 rings (SSSR count). The van der Waals surface area contributed by atoms with E-state index in [0.717, 1.165) is 0 Å². The third kappa shape index (κ3) is 3.41. The Morgan fingerprint density at radius 3 is 2.55 bits per heavy atom. The lowest BCUT2D eigenvalue weighted by Crippen LogP contribution is -1.72. The molecular formula is C11H18. The zero-order valence-electron chi connectivity index (χ0n) is 7.47. The molecule has 0 aromatic carbocycles. The van der Waals surface area contributed by atoms with E-state index in [4.69, 9.17) is 0 Å². The number of rotatable bonds is 3. The van der Waals surface area contributed by atoms with E-state index in [1.165, 1.54) is 38.5 Å². The summed E-state index contributed by atoms with van der Waals surface area (Å²) in [6, 6.07) is 0. The van der Waals surface area contributed by atoms with Crippen LogP contribution in [-0.2, 0) is 0 Å². The van der Waals surface area contributed by atoms with Gasteiger partial charge in [0.15, 0.2) is 0 Å². The fraction of sp³-hybridized carbons (Fsp3) is 0.636. The van der Waals surface area contributed by atoms with Crippen LogP contribution in [-0.4, -0.2) is 0 Å². The molecule has 0 aromatic heterocycles. The highest BCUT2D eigenvalue weighted by Gasteiger charge is 2.04. The Morgan fingerprint density at radius 2 is 1.91 bits per heavy atom. The van der Waals surface area contributed by atoms with Gasteiger partial charge in [0, 0.05) is 0 Å². The SMILES string of the molecule is C/C=C/CCC=C1CCCC1. The van der Waals surface area contributed by atoms with Gasteiger partial charge in [-0.3, -0.25) is 0 Å². The molecule has 1 fully saturated rings. The first-order valence-corrected chi connectivity index (χ1v) is 4.72. The minimum atomic E-state index is 1.22. The maximum Gasteiger partial charge on any atom is -0.0313 e. The predicted molar refractivity (Wildman–Crippen MR) is 50.6 cm³/mol. The van der Waals surface area contributed by atoms with Crippen LogP contribution >= 0.6 is 0 Å². The lowest BCUT2D eigenvalue weighted by molar-refractivity contribution is 0.886. The van der Waals surface area contributed by atoms with Gasteiger partial charge in [0.1, 0.15) is 0 Å². The Labute approximate surface area is 70.0 Å². The Morgan fingerprint density at radius 1 is 1.18 bits per heavy atom. The van der Waals surface area contributed by atoms with Gasteiger partial charge in [-0.25, -0.2) is 0 Å². The molecule has 0 unspecified atom stereocenters. The lowest BCUT2D eigenvalue weighted by atomic mass is 10.1. The Kier molecular flexibility index (Phi) is 4.03. The highest BCUT2D eigenvalue weighted by molar-refractivity contribution is 5.06. The van der Waals surface area contributed by atoms with E-state index in [-0.39, 0.29) is 0 Å². The van der Waals surface area contributed by atoms with Crippen molar-refractivity contribution < 1.29 is 0 Å². The molecule has 0 aliphatic heterocycles. The number of hydrogen-bond donors (Lipinski definition) is 0. The summed E-state index contributed by atoms with van der Waals surface area (Å²) in [6.45, 7) is 2.09. The molecule has 0 saturated heterocycles. The van der Waals surface area contributed by atoms with E-state index >= 15 is 0 Å². The van der Waals surface area contributed by atoms with Crippen LogP contribution in [0.15, 0.2) is 23.8 Å². The van der Waals surface area contributed by atoms with Crippen molar-refractivity contribution in [1.82, 2.24) is 0 Å². The zero-order chi connectivity index (χ0) is 7.94. The maximum absolute atomic E-state index is 2.44. The van der Waals surface area contributed by atoms with E-state index in [0.29, 0.717) is 0 Å². The second kappa shape index (κ2) is 5.17. The van der Waals surface area contributed by atoms with E-state index in [2.05, 4.69) is 25.2 Å². The quantitative estimate of drug-likeness (QED) is 0.423. The number of hydrogen-bond acceptors (Lipinski definition) is 0. The minimum Gasteiger partial charge on any atom is -0.0917 e. The van der Waals surface area contributed by atoms with E-state index in [1.54, 1.807) is 5.57 Å². The predicted octanol–water partition coefficient (Wildman–Crippen LogP) is 3.84. The molecule has 0 atom stereocenters. The molecule has 0 bridgehead atoms. The van der Waals surface area contributed by atoms with Crippen molar-refractivity contribution >= 4 is 0 Å². The van der Waals surface area contributed by atoms with Crippen molar-refractivity contribution in [3.05, 3.63) is 23.8 Å². The Bertz CT molecular complexity index is 143. The van der Waals surface area contributed by atoms with Crippen LogP contribution in [0.3, 0.4) is 0 Å². The largest absolute Gasteiger partial charge is 0.0917 e. The number of allylic oxidation sites excluding steroid dienone is 4. The fourth-order valence-electron chi connectivity index (χ4n) is 1.58. The maximum atomic E-state index is 2.44. The summed E-state index contributed by atoms with van der Waals surface area (Å²) in [7, 11) is 0. The minimum absolute atomic E-state index is 1.22. The van der Waals surface area contributed by atoms with Gasteiger partial charge < -0.3 is 0 Å². The topological polar surface area (TPSA) is 0 Å². The van der Waals surface area contributed by atoms with Crippen LogP contribution in [0.25, 0.3) is 0 Å². The van der Waals surface area contributed by atoms with Gasteiger partial charge in [-0.05, 0) is 45.4 Å². The molecule has 0 aromatic rings. The molecule has 0 heteroatoms. The molecule has 1 saturated carbocycles. The van der Waals surface area contributed by atoms with Crippen molar-refractivity contribution in [1.29, 1.82) is 0 Å².